The highest BCUT2D eigenvalue weighted by molar-refractivity contribution is 5.90. The number of rotatable bonds is 12. The Bertz CT molecular complexity index is 1470. The first-order valence-corrected chi connectivity index (χ1v) is 14.7. The Morgan fingerprint density at radius 2 is 0.932 bits per heavy atom. The minimum absolute atomic E-state index is 0.252. The molecule has 2 amide bonds. The molecular formula is C38H36N2O4. The third-order valence-corrected chi connectivity index (χ3v) is 7.45. The smallest absolute Gasteiger partial charge is 0.233 e. The molecule has 0 heterocycles. The molecule has 0 fully saturated rings. The summed E-state index contributed by atoms with van der Waals surface area (Å²) in [6.45, 7) is 2.32. The summed E-state index contributed by atoms with van der Waals surface area (Å²) in [5, 5.41) is 6.32. The van der Waals surface area contributed by atoms with Gasteiger partial charge in [-0.1, -0.05) is 127 Å². The van der Waals surface area contributed by atoms with Crippen LogP contribution in [0, 0.1) is 0 Å². The number of amides is 2. The lowest BCUT2D eigenvalue weighted by Crippen LogP contribution is -2.44. The molecule has 0 bridgehead atoms. The molecule has 0 aliphatic carbocycles. The standard InChI is InChI=1S/C38H36N2O4/c1-3-44-33-26-31(24-25-32(33)43-2)36(39-37(41)34(27-16-8-4-9-17-27)28-18-10-5-11-19-28)40-38(42)35(29-20-12-6-13-21-29)30-22-14-7-15-23-30/h4-26,34-36H,3H2,1-2H3,(H,39,41)(H,40,42). The van der Waals surface area contributed by atoms with Gasteiger partial charge in [-0.15, -0.1) is 0 Å². The summed E-state index contributed by atoms with van der Waals surface area (Å²) in [6.07, 6.45) is -0.870. The van der Waals surface area contributed by atoms with Crippen LogP contribution in [-0.2, 0) is 9.59 Å². The van der Waals surface area contributed by atoms with E-state index in [-0.39, 0.29) is 11.8 Å². The van der Waals surface area contributed by atoms with Crippen molar-refractivity contribution in [1.29, 1.82) is 0 Å². The van der Waals surface area contributed by atoms with Crippen LogP contribution in [0.1, 0.15) is 52.7 Å². The normalized spacial score (nSPS) is 10.9. The molecule has 0 radical (unpaired) electrons. The number of carbonyl (C=O) groups is 2. The molecule has 0 atom stereocenters. The van der Waals surface area contributed by atoms with Gasteiger partial charge >= 0.3 is 0 Å². The van der Waals surface area contributed by atoms with Gasteiger partial charge in [0.15, 0.2) is 11.5 Å². The van der Waals surface area contributed by atoms with Crippen LogP contribution in [0.15, 0.2) is 140 Å². The highest BCUT2D eigenvalue weighted by Crippen LogP contribution is 2.32. The predicted octanol–water partition coefficient (Wildman–Crippen LogP) is 6.99. The molecule has 222 valence electrons. The van der Waals surface area contributed by atoms with Gasteiger partial charge in [0, 0.05) is 0 Å². The van der Waals surface area contributed by atoms with E-state index in [2.05, 4.69) is 10.6 Å². The van der Waals surface area contributed by atoms with E-state index in [1.54, 1.807) is 19.2 Å². The van der Waals surface area contributed by atoms with Gasteiger partial charge in [-0.05, 0) is 46.9 Å². The molecule has 0 aromatic heterocycles. The average molecular weight is 585 g/mol. The number of benzene rings is 5. The van der Waals surface area contributed by atoms with E-state index in [9.17, 15) is 9.59 Å². The van der Waals surface area contributed by atoms with Gasteiger partial charge in [0.1, 0.15) is 6.17 Å². The van der Waals surface area contributed by atoms with Crippen molar-refractivity contribution in [3.05, 3.63) is 167 Å². The van der Waals surface area contributed by atoms with Gasteiger partial charge in [-0.3, -0.25) is 9.59 Å². The van der Waals surface area contributed by atoms with Crippen LogP contribution in [0.2, 0.25) is 0 Å². The summed E-state index contributed by atoms with van der Waals surface area (Å²) < 4.78 is 11.4. The molecule has 0 aliphatic rings. The van der Waals surface area contributed by atoms with E-state index in [1.165, 1.54) is 0 Å². The third kappa shape index (κ3) is 7.16. The first-order valence-electron chi connectivity index (χ1n) is 14.7. The van der Waals surface area contributed by atoms with Crippen molar-refractivity contribution < 1.29 is 19.1 Å². The van der Waals surface area contributed by atoms with Crippen molar-refractivity contribution in [3.8, 4) is 11.5 Å². The lowest BCUT2D eigenvalue weighted by atomic mass is 9.89. The molecule has 5 aromatic rings. The molecule has 6 nitrogen and oxygen atoms in total. The van der Waals surface area contributed by atoms with Crippen molar-refractivity contribution in [1.82, 2.24) is 10.6 Å². The summed E-state index contributed by atoms with van der Waals surface area (Å²) in [6, 6.07) is 43.9. The molecule has 0 saturated heterocycles. The topological polar surface area (TPSA) is 76.7 Å². The minimum atomic E-state index is -0.870. The van der Waals surface area contributed by atoms with E-state index in [0.717, 1.165) is 22.3 Å². The number of hydrogen-bond donors (Lipinski definition) is 2. The largest absolute Gasteiger partial charge is 0.493 e. The maximum Gasteiger partial charge on any atom is 0.233 e. The van der Waals surface area contributed by atoms with E-state index in [1.807, 2.05) is 134 Å². The number of nitrogens with one attached hydrogen (secondary N) is 2. The van der Waals surface area contributed by atoms with Crippen LogP contribution in [0.4, 0.5) is 0 Å². The van der Waals surface area contributed by atoms with Crippen molar-refractivity contribution >= 4 is 11.8 Å². The Morgan fingerprint density at radius 3 is 1.27 bits per heavy atom. The van der Waals surface area contributed by atoms with Gasteiger partial charge in [-0.2, -0.15) is 0 Å². The number of ether oxygens (including phenoxy) is 2. The van der Waals surface area contributed by atoms with Gasteiger partial charge < -0.3 is 20.1 Å². The average Bonchev–Trinajstić information content (AvgIpc) is 3.07. The molecular weight excluding hydrogens is 548 g/mol. The van der Waals surface area contributed by atoms with Crippen molar-refractivity contribution in [2.45, 2.75) is 24.9 Å². The fraction of sp³-hybridized carbons (Fsp3) is 0.158. The molecule has 0 saturated carbocycles. The van der Waals surface area contributed by atoms with Crippen LogP contribution < -0.4 is 20.1 Å². The monoisotopic (exact) mass is 584 g/mol. The number of hydrogen-bond acceptors (Lipinski definition) is 4. The zero-order valence-corrected chi connectivity index (χ0v) is 24.9. The van der Waals surface area contributed by atoms with E-state index < -0.39 is 18.0 Å². The molecule has 6 heteroatoms. The second-order valence-electron chi connectivity index (χ2n) is 10.3. The maximum atomic E-state index is 14.2. The molecule has 5 aromatic carbocycles. The zero-order valence-electron chi connectivity index (χ0n) is 24.9. The summed E-state index contributed by atoms with van der Waals surface area (Å²) >= 11 is 0. The van der Waals surface area contributed by atoms with Gasteiger partial charge in [0.25, 0.3) is 0 Å². The molecule has 0 spiro atoms. The molecule has 2 N–H and O–H groups in total. The maximum absolute atomic E-state index is 14.2. The van der Waals surface area contributed by atoms with Crippen LogP contribution >= 0.6 is 0 Å². The highest BCUT2D eigenvalue weighted by atomic mass is 16.5. The third-order valence-electron chi connectivity index (χ3n) is 7.45. The Balaban J connectivity index is 1.55. The van der Waals surface area contributed by atoms with Crippen LogP contribution in [-0.4, -0.2) is 25.5 Å². The SMILES string of the molecule is CCOc1cc(C(NC(=O)C(c2ccccc2)c2ccccc2)NC(=O)C(c2ccccc2)c2ccccc2)ccc1OC. The lowest BCUT2D eigenvalue weighted by molar-refractivity contribution is -0.125. The highest BCUT2D eigenvalue weighted by Gasteiger charge is 2.30. The van der Waals surface area contributed by atoms with Gasteiger partial charge in [0.05, 0.1) is 25.6 Å². The fourth-order valence-corrected chi connectivity index (χ4v) is 5.37. The number of methoxy groups -OCH3 is 1. The van der Waals surface area contributed by atoms with Gasteiger partial charge in [-0.25, -0.2) is 0 Å². The predicted molar refractivity (Wildman–Crippen MR) is 173 cm³/mol. The summed E-state index contributed by atoms with van der Waals surface area (Å²) in [4.78, 5) is 28.5. The first kappa shape index (κ1) is 30.1. The molecule has 44 heavy (non-hydrogen) atoms. The van der Waals surface area contributed by atoms with Crippen LogP contribution in [0.25, 0.3) is 0 Å². The molecule has 0 aliphatic heterocycles. The summed E-state index contributed by atoms with van der Waals surface area (Å²) in [7, 11) is 1.58. The van der Waals surface area contributed by atoms with Crippen molar-refractivity contribution in [2.75, 3.05) is 13.7 Å². The van der Waals surface area contributed by atoms with Crippen LogP contribution in [0.5, 0.6) is 11.5 Å². The van der Waals surface area contributed by atoms with Gasteiger partial charge in [0.2, 0.25) is 11.8 Å². The Hall–Kier alpha value is -5.36. The number of carbonyl (C=O) groups excluding carboxylic acids is 2. The van der Waals surface area contributed by atoms with Crippen LogP contribution in [0.3, 0.4) is 0 Å². The van der Waals surface area contributed by atoms with E-state index >= 15 is 0 Å². The Morgan fingerprint density at radius 1 is 0.545 bits per heavy atom. The van der Waals surface area contributed by atoms with Crippen molar-refractivity contribution in [3.63, 3.8) is 0 Å². The lowest BCUT2D eigenvalue weighted by Gasteiger charge is -2.27. The van der Waals surface area contributed by atoms with E-state index in [4.69, 9.17) is 9.47 Å². The second kappa shape index (κ2) is 14.7. The summed E-state index contributed by atoms with van der Waals surface area (Å²) in [5.41, 5.74) is 4.03. The Labute approximate surface area is 258 Å². The first-order chi connectivity index (χ1) is 21.6. The summed E-state index contributed by atoms with van der Waals surface area (Å²) in [5.74, 6) is -0.618. The molecule has 5 rings (SSSR count). The zero-order chi connectivity index (χ0) is 30.7. The van der Waals surface area contributed by atoms with Crippen molar-refractivity contribution in [2.24, 2.45) is 0 Å². The fourth-order valence-electron chi connectivity index (χ4n) is 5.37. The molecule has 0 unspecified atom stereocenters. The second-order valence-corrected chi connectivity index (χ2v) is 10.3. The van der Waals surface area contributed by atoms with E-state index in [0.29, 0.717) is 23.7 Å². The minimum Gasteiger partial charge on any atom is -0.493 e. The quantitative estimate of drug-likeness (QED) is 0.155. The Kier molecular flexibility index (Phi) is 10.1.